The molecule has 5 nitrogen and oxygen atoms in total. The Balaban J connectivity index is 1.63. The maximum absolute atomic E-state index is 12.0. The zero-order valence-electron chi connectivity index (χ0n) is 12.9. The summed E-state index contributed by atoms with van der Waals surface area (Å²) in [6.45, 7) is 6.92. The molecule has 1 aromatic carbocycles. The van der Waals surface area contributed by atoms with E-state index in [0.29, 0.717) is 17.3 Å². The number of morpholine rings is 1. The zero-order valence-corrected chi connectivity index (χ0v) is 13.6. The smallest absolute Gasteiger partial charge is 0.260 e. The van der Waals surface area contributed by atoms with Crippen LogP contribution in [0, 0.1) is 0 Å². The Morgan fingerprint density at radius 2 is 2.23 bits per heavy atom. The van der Waals surface area contributed by atoms with Crippen LogP contribution < -0.4 is 10.1 Å². The van der Waals surface area contributed by atoms with Crippen molar-refractivity contribution in [2.75, 3.05) is 39.4 Å². The molecule has 1 atom stereocenters. The molecule has 1 aromatic rings. The van der Waals surface area contributed by atoms with Gasteiger partial charge in [0.1, 0.15) is 5.75 Å². The molecule has 0 bridgehead atoms. The summed E-state index contributed by atoms with van der Waals surface area (Å²) in [6, 6.07) is 7.05. The topological polar surface area (TPSA) is 50.8 Å². The zero-order chi connectivity index (χ0) is 15.8. The molecule has 0 spiro atoms. The maximum atomic E-state index is 12.0. The van der Waals surface area contributed by atoms with Gasteiger partial charge in [-0.25, -0.2) is 0 Å². The van der Waals surface area contributed by atoms with Gasteiger partial charge in [0.15, 0.2) is 6.10 Å². The Kier molecular flexibility index (Phi) is 6.96. The third-order valence-corrected chi connectivity index (χ3v) is 3.77. The van der Waals surface area contributed by atoms with Crippen LogP contribution in [0.1, 0.15) is 13.3 Å². The fourth-order valence-corrected chi connectivity index (χ4v) is 2.46. The Morgan fingerprint density at radius 3 is 2.95 bits per heavy atom. The van der Waals surface area contributed by atoms with Crippen LogP contribution in [0.15, 0.2) is 24.3 Å². The molecule has 1 saturated heterocycles. The molecule has 6 heteroatoms. The van der Waals surface area contributed by atoms with E-state index in [-0.39, 0.29) is 5.91 Å². The van der Waals surface area contributed by atoms with Gasteiger partial charge in [0.2, 0.25) is 0 Å². The molecule has 0 aromatic heterocycles. The van der Waals surface area contributed by atoms with Crippen LogP contribution in [0.2, 0.25) is 5.02 Å². The van der Waals surface area contributed by atoms with Gasteiger partial charge >= 0.3 is 0 Å². The molecule has 1 amide bonds. The number of amides is 1. The van der Waals surface area contributed by atoms with E-state index in [1.165, 1.54) is 0 Å². The molecule has 1 unspecified atom stereocenters. The highest BCUT2D eigenvalue weighted by atomic mass is 35.5. The second-order valence-electron chi connectivity index (χ2n) is 5.32. The van der Waals surface area contributed by atoms with Crippen molar-refractivity contribution in [2.24, 2.45) is 0 Å². The average Bonchev–Trinajstić information content (AvgIpc) is 2.52. The van der Waals surface area contributed by atoms with Gasteiger partial charge < -0.3 is 14.8 Å². The molecule has 1 aliphatic heterocycles. The summed E-state index contributed by atoms with van der Waals surface area (Å²) in [7, 11) is 0. The van der Waals surface area contributed by atoms with Gasteiger partial charge in [0.25, 0.3) is 5.91 Å². The average molecular weight is 327 g/mol. The lowest BCUT2D eigenvalue weighted by atomic mass is 10.3. The fraction of sp³-hybridized carbons (Fsp3) is 0.562. The van der Waals surface area contributed by atoms with E-state index in [1.807, 2.05) is 0 Å². The van der Waals surface area contributed by atoms with Crippen LogP contribution >= 0.6 is 11.6 Å². The van der Waals surface area contributed by atoms with E-state index in [4.69, 9.17) is 21.1 Å². The van der Waals surface area contributed by atoms with E-state index in [2.05, 4.69) is 10.2 Å². The first-order valence-electron chi connectivity index (χ1n) is 7.65. The Morgan fingerprint density at radius 1 is 1.45 bits per heavy atom. The van der Waals surface area contributed by atoms with Crippen molar-refractivity contribution in [3.05, 3.63) is 29.3 Å². The maximum Gasteiger partial charge on any atom is 0.260 e. The summed E-state index contributed by atoms with van der Waals surface area (Å²) in [5.41, 5.74) is 0. The number of rotatable bonds is 7. The highest BCUT2D eigenvalue weighted by Gasteiger charge is 2.15. The van der Waals surface area contributed by atoms with Crippen molar-refractivity contribution in [2.45, 2.75) is 19.4 Å². The molecule has 1 fully saturated rings. The van der Waals surface area contributed by atoms with Crippen molar-refractivity contribution >= 4 is 17.5 Å². The monoisotopic (exact) mass is 326 g/mol. The number of ether oxygens (including phenoxy) is 2. The van der Waals surface area contributed by atoms with Gasteiger partial charge in [-0.1, -0.05) is 17.7 Å². The van der Waals surface area contributed by atoms with Gasteiger partial charge in [-0.15, -0.1) is 0 Å². The predicted molar refractivity (Wildman–Crippen MR) is 86.4 cm³/mol. The number of halogens is 1. The largest absolute Gasteiger partial charge is 0.481 e. The first kappa shape index (κ1) is 17.1. The van der Waals surface area contributed by atoms with Gasteiger partial charge in [-0.3, -0.25) is 9.69 Å². The summed E-state index contributed by atoms with van der Waals surface area (Å²) in [5, 5.41) is 3.50. The summed E-state index contributed by atoms with van der Waals surface area (Å²) < 4.78 is 10.9. The lowest BCUT2D eigenvalue weighted by Gasteiger charge is -2.26. The minimum Gasteiger partial charge on any atom is -0.481 e. The minimum absolute atomic E-state index is 0.109. The molecule has 1 N–H and O–H groups in total. The molecule has 22 heavy (non-hydrogen) atoms. The normalized spacial score (nSPS) is 17.0. The van der Waals surface area contributed by atoms with Crippen LogP contribution in [-0.4, -0.2) is 56.3 Å². The van der Waals surface area contributed by atoms with Crippen LogP contribution in [0.3, 0.4) is 0 Å². The van der Waals surface area contributed by atoms with Gasteiger partial charge in [-0.05, 0) is 38.1 Å². The van der Waals surface area contributed by atoms with Crippen molar-refractivity contribution in [1.82, 2.24) is 10.2 Å². The van der Waals surface area contributed by atoms with E-state index in [9.17, 15) is 4.79 Å². The second kappa shape index (κ2) is 8.98. The van der Waals surface area contributed by atoms with Gasteiger partial charge in [-0.2, -0.15) is 0 Å². The Labute approximate surface area is 136 Å². The van der Waals surface area contributed by atoms with E-state index in [0.717, 1.165) is 39.3 Å². The predicted octanol–water partition coefficient (Wildman–Crippen LogP) is 1.95. The lowest BCUT2D eigenvalue weighted by Crippen LogP contribution is -2.40. The van der Waals surface area contributed by atoms with Crippen molar-refractivity contribution in [1.29, 1.82) is 0 Å². The number of nitrogens with zero attached hydrogens (tertiary/aromatic N) is 1. The summed E-state index contributed by atoms with van der Waals surface area (Å²) >= 11 is 5.89. The molecule has 1 heterocycles. The molecular weight excluding hydrogens is 304 g/mol. The van der Waals surface area contributed by atoms with Gasteiger partial charge in [0, 0.05) is 24.7 Å². The molecule has 0 radical (unpaired) electrons. The number of nitrogens with one attached hydrogen (secondary N) is 1. The molecule has 122 valence electrons. The van der Waals surface area contributed by atoms with Crippen LogP contribution in [-0.2, 0) is 9.53 Å². The number of carbonyl (C=O) groups excluding carboxylic acids is 1. The number of carbonyl (C=O) groups is 1. The molecular formula is C16H23ClN2O3. The molecule has 0 aliphatic carbocycles. The Bertz CT molecular complexity index is 478. The first-order chi connectivity index (χ1) is 10.6. The molecule has 1 aliphatic rings. The quantitative estimate of drug-likeness (QED) is 0.778. The standard InChI is InChI=1S/C16H23ClN2O3/c1-13(22-15-5-2-4-14(17)12-15)16(20)18-6-3-7-19-8-10-21-11-9-19/h2,4-5,12-13H,3,6-11H2,1H3,(H,18,20). The van der Waals surface area contributed by atoms with Crippen LogP contribution in [0.4, 0.5) is 0 Å². The van der Waals surface area contributed by atoms with E-state index >= 15 is 0 Å². The minimum atomic E-state index is -0.540. The van der Waals surface area contributed by atoms with E-state index < -0.39 is 6.10 Å². The van der Waals surface area contributed by atoms with Crippen LogP contribution in [0.5, 0.6) is 5.75 Å². The van der Waals surface area contributed by atoms with Crippen LogP contribution in [0.25, 0.3) is 0 Å². The Hall–Kier alpha value is -1.30. The fourth-order valence-electron chi connectivity index (χ4n) is 2.28. The SMILES string of the molecule is CC(Oc1cccc(Cl)c1)C(=O)NCCCN1CCOCC1. The van der Waals surface area contributed by atoms with Crippen molar-refractivity contribution in [3.8, 4) is 5.75 Å². The third kappa shape index (κ3) is 5.83. The van der Waals surface area contributed by atoms with E-state index in [1.54, 1.807) is 31.2 Å². The highest BCUT2D eigenvalue weighted by Crippen LogP contribution is 2.18. The summed E-state index contributed by atoms with van der Waals surface area (Å²) in [6.07, 6.45) is 0.386. The number of hydrogen-bond acceptors (Lipinski definition) is 4. The van der Waals surface area contributed by atoms with Crippen molar-refractivity contribution in [3.63, 3.8) is 0 Å². The highest BCUT2D eigenvalue weighted by molar-refractivity contribution is 6.30. The summed E-state index contributed by atoms with van der Waals surface area (Å²) in [5.74, 6) is 0.491. The third-order valence-electron chi connectivity index (χ3n) is 3.53. The summed E-state index contributed by atoms with van der Waals surface area (Å²) in [4.78, 5) is 14.3. The lowest BCUT2D eigenvalue weighted by molar-refractivity contribution is -0.127. The first-order valence-corrected chi connectivity index (χ1v) is 8.03. The van der Waals surface area contributed by atoms with Gasteiger partial charge in [0.05, 0.1) is 13.2 Å². The number of hydrogen-bond donors (Lipinski definition) is 1. The second-order valence-corrected chi connectivity index (χ2v) is 5.75. The molecule has 2 rings (SSSR count). The number of benzene rings is 1. The molecule has 0 saturated carbocycles. The van der Waals surface area contributed by atoms with Crippen molar-refractivity contribution < 1.29 is 14.3 Å².